The number of rotatable bonds is 4. The lowest BCUT2D eigenvalue weighted by atomic mass is 10.1. The van der Waals surface area contributed by atoms with E-state index in [1.165, 1.54) is 11.1 Å². The maximum absolute atomic E-state index is 12.1. The van der Waals surface area contributed by atoms with E-state index >= 15 is 0 Å². The summed E-state index contributed by atoms with van der Waals surface area (Å²) in [6.07, 6.45) is 0. The first-order chi connectivity index (χ1) is 12.7. The Morgan fingerprint density at radius 2 is 1.73 bits per heavy atom. The zero-order valence-electron chi connectivity index (χ0n) is 15.0. The zero-order valence-corrected chi connectivity index (χ0v) is 15.0. The summed E-state index contributed by atoms with van der Waals surface area (Å²) in [6.45, 7) is 7.53. The van der Waals surface area contributed by atoms with Gasteiger partial charge in [0, 0.05) is 45.8 Å². The lowest BCUT2D eigenvalue weighted by molar-refractivity contribution is -0.149. The number of hydrogen-bond donors (Lipinski definition) is 1. The smallest absolute Gasteiger partial charge is 0.244 e. The van der Waals surface area contributed by atoms with Crippen LogP contribution in [0.25, 0.3) is 0 Å². The van der Waals surface area contributed by atoms with Gasteiger partial charge < -0.3 is 15.0 Å². The van der Waals surface area contributed by atoms with Crippen molar-refractivity contribution in [3.8, 4) is 0 Å². The van der Waals surface area contributed by atoms with E-state index in [0.29, 0.717) is 13.1 Å². The first kappa shape index (κ1) is 17.5. The summed E-state index contributed by atoms with van der Waals surface area (Å²) in [5.41, 5.74) is 2.57. The number of fused-ring (bicyclic) bond motifs is 1. The van der Waals surface area contributed by atoms with Crippen molar-refractivity contribution in [3.63, 3.8) is 0 Å². The summed E-state index contributed by atoms with van der Waals surface area (Å²) in [5, 5.41) is 2.70. The highest BCUT2D eigenvalue weighted by molar-refractivity contribution is 5.95. The number of nitrogens with zero attached hydrogens (tertiary/aromatic N) is 3. The van der Waals surface area contributed by atoms with E-state index in [1.54, 1.807) is 4.90 Å². The summed E-state index contributed by atoms with van der Waals surface area (Å²) in [5.74, 6) is -0.00266. The lowest BCUT2D eigenvalue weighted by Crippen LogP contribution is -2.65. The molecule has 3 aliphatic heterocycles. The van der Waals surface area contributed by atoms with Crippen LogP contribution in [0, 0.1) is 0 Å². The van der Waals surface area contributed by atoms with Crippen molar-refractivity contribution in [2.75, 3.05) is 52.5 Å². The molecule has 1 atom stereocenters. The maximum Gasteiger partial charge on any atom is 0.244 e. The van der Waals surface area contributed by atoms with Crippen molar-refractivity contribution in [2.45, 2.75) is 19.1 Å². The molecule has 1 aromatic rings. The quantitative estimate of drug-likeness (QED) is 0.798. The van der Waals surface area contributed by atoms with E-state index in [4.69, 9.17) is 4.74 Å². The highest BCUT2D eigenvalue weighted by Crippen LogP contribution is 2.17. The van der Waals surface area contributed by atoms with E-state index in [2.05, 4.69) is 39.4 Å². The molecule has 0 spiro atoms. The van der Waals surface area contributed by atoms with Crippen molar-refractivity contribution in [2.24, 2.45) is 0 Å². The van der Waals surface area contributed by atoms with Gasteiger partial charge in [-0.15, -0.1) is 0 Å². The standard InChI is InChI=1S/C19H26N4O3/c24-18-11-20-19(25)17-14-22(4-5-23(17)18)13-16-3-1-2-15(10-16)12-21-6-8-26-9-7-21/h1-3,10,17H,4-9,11-14H2,(H,20,25). The van der Waals surface area contributed by atoms with Crippen LogP contribution in [0.3, 0.4) is 0 Å². The molecule has 2 amide bonds. The zero-order chi connectivity index (χ0) is 17.9. The molecule has 140 valence electrons. The van der Waals surface area contributed by atoms with Gasteiger partial charge in [-0.1, -0.05) is 24.3 Å². The molecule has 26 heavy (non-hydrogen) atoms. The molecule has 1 N–H and O–H groups in total. The largest absolute Gasteiger partial charge is 0.379 e. The molecule has 3 fully saturated rings. The Balaban J connectivity index is 1.37. The first-order valence-corrected chi connectivity index (χ1v) is 9.36. The van der Waals surface area contributed by atoms with Gasteiger partial charge in [0.15, 0.2) is 0 Å². The van der Waals surface area contributed by atoms with Gasteiger partial charge in [0.05, 0.1) is 19.8 Å². The third-order valence-electron chi connectivity index (χ3n) is 5.41. The number of amides is 2. The molecule has 0 bridgehead atoms. The van der Waals surface area contributed by atoms with Crippen LogP contribution in [0.5, 0.6) is 0 Å². The summed E-state index contributed by atoms with van der Waals surface area (Å²) < 4.78 is 5.41. The van der Waals surface area contributed by atoms with E-state index in [-0.39, 0.29) is 24.4 Å². The molecule has 7 nitrogen and oxygen atoms in total. The molecule has 3 saturated heterocycles. The van der Waals surface area contributed by atoms with Gasteiger partial charge in [0.25, 0.3) is 0 Å². The van der Waals surface area contributed by atoms with Crippen molar-refractivity contribution in [1.29, 1.82) is 0 Å². The van der Waals surface area contributed by atoms with Crippen LogP contribution in [-0.4, -0.2) is 85.0 Å². The number of nitrogens with one attached hydrogen (secondary N) is 1. The fourth-order valence-electron chi connectivity index (χ4n) is 3.99. The molecule has 0 aliphatic carbocycles. The summed E-state index contributed by atoms with van der Waals surface area (Å²) >= 11 is 0. The van der Waals surface area contributed by atoms with Crippen LogP contribution >= 0.6 is 0 Å². The Hall–Kier alpha value is -1.96. The maximum atomic E-state index is 12.1. The predicted molar refractivity (Wildman–Crippen MR) is 96.3 cm³/mol. The van der Waals surface area contributed by atoms with Crippen LogP contribution in [-0.2, 0) is 27.4 Å². The van der Waals surface area contributed by atoms with Crippen LogP contribution in [0.1, 0.15) is 11.1 Å². The van der Waals surface area contributed by atoms with Crippen LogP contribution < -0.4 is 5.32 Å². The van der Waals surface area contributed by atoms with Crippen molar-refractivity contribution < 1.29 is 14.3 Å². The summed E-state index contributed by atoms with van der Waals surface area (Å²) in [6, 6.07) is 8.33. The molecule has 3 aliphatic rings. The minimum atomic E-state index is -0.346. The second-order valence-electron chi connectivity index (χ2n) is 7.26. The Labute approximate surface area is 153 Å². The number of benzene rings is 1. The molecule has 7 heteroatoms. The number of hydrogen-bond acceptors (Lipinski definition) is 5. The number of carbonyl (C=O) groups is 2. The molecule has 1 aromatic carbocycles. The van der Waals surface area contributed by atoms with E-state index in [9.17, 15) is 9.59 Å². The van der Waals surface area contributed by atoms with Crippen molar-refractivity contribution in [3.05, 3.63) is 35.4 Å². The fourth-order valence-corrected chi connectivity index (χ4v) is 3.99. The highest BCUT2D eigenvalue weighted by Gasteiger charge is 2.38. The average Bonchev–Trinajstić information content (AvgIpc) is 2.66. The van der Waals surface area contributed by atoms with E-state index in [0.717, 1.165) is 45.9 Å². The Kier molecular flexibility index (Phi) is 5.19. The summed E-state index contributed by atoms with van der Waals surface area (Å²) in [7, 11) is 0. The van der Waals surface area contributed by atoms with Gasteiger partial charge in [-0.05, 0) is 11.1 Å². The molecule has 3 heterocycles. The second kappa shape index (κ2) is 7.73. The average molecular weight is 358 g/mol. The van der Waals surface area contributed by atoms with Crippen LogP contribution in [0.2, 0.25) is 0 Å². The van der Waals surface area contributed by atoms with Gasteiger partial charge in [-0.3, -0.25) is 19.4 Å². The summed E-state index contributed by atoms with van der Waals surface area (Å²) in [4.78, 5) is 30.5. The van der Waals surface area contributed by atoms with Gasteiger partial charge in [-0.2, -0.15) is 0 Å². The van der Waals surface area contributed by atoms with Crippen molar-refractivity contribution in [1.82, 2.24) is 20.0 Å². The minimum Gasteiger partial charge on any atom is -0.379 e. The van der Waals surface area contributed by atoms with Gasteiger partial charge >= 0.3 is 0 Å². The number of carbonyl (C=O) groups excluding carboxylic acids is 2. The normalized spacial score (nSPS) is 25.1. The molecular formula is C19H26N4O3. The fraction of sp³-hybridized carbons (Fsp3) is 0.579. The van der Waals surface area contributed by atoms with Crippen LogP contribution in [0.4, 0.5) is 0 Å². The monoisotopic (exact) mass is 358 g/mol. The molecular weight excluding hydrogens is 332 g/mol. The minimum absolute atomic E-state index is 0.0294. The topological polar surface area (TPSA) is 65.1 Å². The van der Waals surface area contributed by atoms with E-state index in [1.807, 2.05) is 0 Å². The number of ether oxygens (including phenoxy) is 1. The predicted octanol–water partition coefficient (Wildman–Crippen LogP) is -0.339. The highest BCUT2D eigenvalue weighted by atomic mass is 16.5. The Bertz CT molecular complexity index is 675. The third kappa shape index (κ3) is 3.90. The number of piperazine rings is 2. The van der Waals surface area contributed by atoms with Crippen molar-refractivity contribution >= 4 is 11.8 Å². The molecule has 0 aromatic heterocycles. The molecule has 0 saturated carbocycles. The lowest BCUT2D eigenvalue weighted by Gasteiger charge is -2.43. The third-order valence-corrected chi connectivity index (χ3v) is 5.41. The molecule has 0 radical (unpaired) electrons. The number of morpholine rings is 1. The van der Waals surface area contributed by atoms with Gasteiger partial charge in [0.1, 0.15) is 6.04 Å². The SMILES string of the molecule is O=C1NCC(=O)N2CCN(Cc3cccc(CN4CCOCC4)c3)CC12. The van der Waals surface area contributed by atoms with Crippen LogP contribution in [0.15, 0.2) is 24.3 Å². The van der Waals surface area contributed by atoms with Gasteiger partial charge in [0.2, 0.25) is 11.8 Å². The molecule has 4 rings (SSSR count). The second-order valence-corrected chi connectivity index (χ2v) is 7.26. The first-order valence-electron chi connectivity index (χ1n) is 9.36. The van der Waals surface area contributed by atoms with Gasteiger partial charge in [-0.25, -0.2) is 0 Å². The Morgan fingerprint density at radius 1 is 1.00 bits per heavy atom. The Morgan fingerprint density at radius 3 is 2.50 bits per heavy atom. The molecule has 1 unspecified atom stereocenters. The van der Waals surface area contributed by atoms with E-state index < -0.39 is 0 Å².